The summed E-state index contributed by atoms with van der Waals surface area (Å²) in [5, 5.41) is 5.93. The highest BCUT2D eigenvalue weighted by atomic mass is 16.2. The summed E-state index contributed by atoms with van der Waals surface area (Å²) in [6.45, 7) is 4.90. The van der Waals surface area contributed by atoms with Crippen molar-refractivity contribution in [1.82, 2.24) is 10.6 Å². The lowest BCUT2D eigenvalue weighted by Crippen LogP contribution is -2.38. The van der Waals surface area contributed by atoms with Gasteiger partial charge >= 0.3 is 6.03 Å². The van der Waals surface area contributed by atoms with Crippen LogP contribution in [0, 0.1) is 5.92 Å². The number of carbonyl (C=O) groups excluding carboxylic acids is 1. The quantitative estimate of drug-likeness (QED) is 0.826. The van der Waals surface area contributed by atoms with Gasteiger partial charge in [-0.1, -0.05) is 38.1 Å². The average molecular weight is 232 g/mol. The van der Waals surface area contributed by atoms with Gasteiger partial charge in [-0.05, 0) is 29.9 Å². The summed E-state index contributed by atoms with van der Waals surface area (Å²) in [5.41, 5.74) is 2.63. The number of hydrogen-bond acceptors (Lipinski definition) is 1. The monoisotopic (exact) mass is 232 g/mol. The fourth-order valence-corrected chi connectivity index (χ4v) is 2.21. The van der Waals surface area contributed by atoms with Gasteiger partial charge in [0.25, 0.3) is 0 Å². The zero-order valence-corrected chi connectivity index (χ0v) is 10.5. The maximum atomic E-state index is 11.7. The molecule has 0 aliphatic heterocycles. The van der Waals surface area contributed by atoms with E-state index in [1.54, 1.807) is 0 Å². The second-order valence-corrected chi connectivity index (χ2v) is 5.04. The Balaban J connectivity index is 1.91. The van der Waals surface area contributed by atoms with Gasteiger partial charge in [-0.3, -0.25) is 0 Å². The van der Waals surface area contributed by atoms with Crippen LogP contribution in [0.15, 0.2) is 24.3 Å². The maximum absolute atomic E-state index is 11.7. The molecule has 1 aliphatic carbocycles. The molecule has 0 fully saturated rings. The predicted octanol–water partition coefficient (Wildman–Crippen LogP) is 2.63. The van der Waals surface area contributed by atoms with Crippen molar-refractivity contribution in [2.75, 3.05) is 6.54 Å². The van der Waals surface area contributed by atoms with E-state index in [1.165, 1.54) is 11.1 Å². The Kier molecular flexibility index (Phi) is 3.67. The van der Waals surface area contributed by atoms with E-state index < -0.39 is 0 Å². The molecule has 3 heteroatoms. The average Bonchev–Trinajstić information content (AvgIpc) is 2.70. The first-order chi connectivity index (χ1) is 8.16. The Bertz CT molecular complexity index is 401. The first kappa shape index (κ1) is 12.0. The van der Waals surface area contributed by atoms with Gasteiger partial charge in [0.1, 0.15) is 0 Å². The molecule has 1 atom stereocenters. The molecule has 3 nitrogen and oxygen atoms in total. The number of rotatable bonds is 3. The summed E-state index contributed by atoms with van der Waals surface area (Å²) in [5.74, 6) is 0.483. The Morgan fingerprint density at radius 3 is 2.94 bits per heavy atom. The first-order valence-corrected chi connectivity index (χ1v) is 6.29. The van der Waals surface area contributed by atoms with E-state index in [-0.39, 0.29) is 12.1 Å². The van der Waals surface area contributed by atoms with Crippen molar-refractivity contribution >= 4 is 6.03 Å². The summed E-state index contributed by atoms with van der Waals surface area (Å²) in [4.78, 5) is 11.7. The smallest absolute Gasteiger partial charge is 0.315 e. The molecule has 0 radical (unpaired) electrons. The topological polar surface area (TPSA) is 41.1 Å². The standard InChI is InChI=1S/C14H20N2O/c1-10(2)9-15-14(17)16-13-8-7-11-5-3-4-6-12(11)13/h3-6,10,13H,7-9H2,1-2H3,(H2,15,16,17). The molecule has 0 spiro atoms. The summed E-state index contributed by atoms with van der Waals surface area (Å²) >= 11 is 0. The molecule has 2 rings (SSSR count). The van der Waals surface area contributed by atoms with Crippen LogP contribution in [-0.4, -0.2) is 12.6 Å². The maximum Gasteiger partial charge on any atom is 0.315 e. The number of amides is 2. The highest BCUT2D eigenvalue weighted by Crippen LogP contribution is 2.30. The predicted molar refractivity (Wildman–Crippen MR) is 68.9 cm³/mol. The normalized spacial score (nSPS) is 17.9. The molecule has 1 unspecified atom stereocenters. The van der Waals surface area contributed by atoms with E-state index in [2.05, 4.69) is 42.7 Å². The van der Waals surface area contributed by atoms with Gasteiger partial charge in [0, 0.05) is 6.54 Å². The Morgan fingerprint density at radius 1 is 1.41 bits per heavy atom. The molecule has 0 aromatic heterocycles. The Hall–Kier alpha value is -1.51. The Labute approximate surface area is 103 Å². The van der Waals surface area contributed by atoms with Gasteiger partial charge in [0.05, 0.1) is 6.04 Å². The van der Waals surface area contributed by atoms with Crippen LogP contribution in [0.5, 0.6) is 0 Å². The fourth-order valence-electron chi connectivity index (χ4n) is 2.21. The summed E-state index contributed by atoms with van der Waals surface area (Å²) in [7, 11) is 0. The van der Waals surface area contributed by atoms with Crippen molar-refractivity contribution in [2.24, 2.45) is 5.92 Å². The van der Waals surface area contributed by atoms with Crippen LogP contribution in [0.1, 0.15) is 37.4 Å². The highest BCUT2D eigenvalue weighted by molar-refractivity contribution is 5.74. The minimum absolute atomic E-state index is 0.0552. The van der Waals surface area contributed by atoms with Crippen LogP contribution < -0.4 is 10.6 Å². The molecular formula is C14H20N2O. The van der Waals surface area contributed by atoms with Crippen LogP contribution in [-0.2, 0) is 6.42 Å². The number of urea groups is 1. The van der Waals surface area contributed by atoms with Crippen molar-refractivity contribution in [3.63, 3.8) is 0 Å². The molecule has 2 N–H and O–H groups in total. The van der Waals surface area contributed by atoms with Gasteiger partial charge in [0.15, 0.2) is 0 Å². The van der Waals surface area contributed by atoms with Crippen LogP contribution >= 0.6 is 0 Å². The molecule has 1 aromatic carbocycles. The third-order valence-corrected chi connectivity index (χ3v) is 3.11. The molecule has 17 heavy (non-hydrogen) atoms. The Morgan fingerprint density at radius 2 is 2.18 bits per heavy atom. The van der Waals surface area contributed by atoms with Crippen LogP contribution in [0.3, 0.4) is 0 Å². The van der Waals surface area contributed by atoms with Gasteiger partial charge in [-0.2, -0.15) is 0 Å². The minimum atomic E-state index is -0.0552. The molecular weight excluding hydrogens is 212 g/mol. The van der Waals surface area contributed by atoms with Gasteiger partial charge in [-0.15, -0.1) is 0 Å². The molecule has 1 aliphatic rings. The van der Waals surface area contributed by atoms with Crippen molar-refractivity contribution in [1.29, 1.82) is 0 Å². The van der Waals surface area contributed by atoms with E-state index in [0.717, 1.165) is 19.4 Å². The zero-order chi connectivity index (χ0) is 12.3. The lowest BCUT2D eigenvalue weighted by atomic mass is 10.1. The molecule has 2 amide bonds. The molecule has 0 heterocycles. The number of fused-ring (bicyclic) bond motifs is 1. The van der Waals surface area contributed by atoms with Crippen molar-refractivity contribution in [3.05, 3.63) is 35.4 Å². The van der Waals surface area contributed by atoms with E-state index in [1.807, 2.05) is 6.07 Å². The molecule has 92 valence electrons. The first-order valence-electron chi connectivity index (χ1n) is 6.29. The molecule has 0 saturated heterocycles. The minimum Gasteiger partial charge on any atom is -0.338 e. The fraction of sp³-hybridized carbons (Fsp3) is 0.500. The number of aryl methyl sites for hydroxylation is 1. The van der Waals surface area contributed by atoms with Gasteiger partial charge in [0.2, 0.25) is 0 Å². The van der Waals surface area contributed by atoms with Crippen LogP contribution in [0.4, 0.5) is 4.79 Å². The summed E-state index contributed by atoms with van der Waals surface area (Å²) in [6.07, 6.45) is 2.07. The van der Waals surface area contributed by atoms with Gasteiger partial charge in [-0.25, -0.2) is 4.79 Å². The molecule has 0 saturated carbocycles. The second kappa shape index (κ2) is 5.21. The van der Waals surface area contributed by atoms with E-state index in [0.29, 0.717) is 5.92 Å². The second-order valence-electron chi connectivity index (χ2n) is 5.04. The largest absolute Gasteiger partial charge is 0.338 e. The number of nitrogens with one attached hydrogen (secondary N) is 2. The summed E-state index contributed by atoms with van der Waals surface area (Å²) in [6, 6.07) is 8.46. The third kappa shape index (κ3) is 2.99. The lowest BCUT2D eigenvalue weighted by Gasteiger charge is -2.15. The van der Waals surface area contributed by atoms with Crippen molar-refractivity contribution < 1.29 is 4.79 Å². The highest BCUT2D eigenvalue weighted by Gasteiger charge is 2.23. The molecule has 1 aromatic rings. The number of hydrogen-bond donors (Lipinski definition) is 2. The molecule has 0 bridgehead atoms. The third-order valence-electron chi connectivity index (χ3n) is 3.11. The van der Waals surface area contributed by atoms with Gasteiger partial charge < -0.3 is 10.6 Å². The summed E-state index contributed by atoms with van der Waals surface area (Å²) < 4.78 is 0. The number of carbonyl (C=O) groups is 1. The van der Waals surface area contributed by atoms with E-state index in [4.69, 9.17) is 0 Å². The lowest BCUT2D eigenvalue weighted by molar-refractivity contribution is 0.235. The zero-order valence-electron chi connectivity index (χ0n) is 10.5. The van der Waals surface area contributed by atoms with Crippen molar-refractivity contribution in [2.45, 2.75) is 32.7 Å². The number of benzene rings is 1. The van der Waals surface area contributed by atoms with Crippen molar-refractivity contribution in [3.8, 4) is 0 Å². The van der Waals surface area contributed by atoms with E-state index in [9.17, 15) is 4.79 Å². The van der Waals surface area contributed by atoms with Crippen LogP contribution in [0.25, 0.3) is 0 Å². The van der Waals surface area contributed by atoms with E-state index >= 15 is 0 Å². The van der Waals surface area contributed by atoms with Crippen LogP contribution in [0.2, 0.25) is 0 Å². The SMILES string of the molecule is CC(C)CNC(=O)NC1CCc2ccccc21.